The van der Waals surface area contributed by atoms with Crippen LogP contribution in [0.2, 0.25) is 0 Å². The van der Waals surface area contributed by atoms with Crippen LogP contribution in [0.1, 0.15) is 50.3 Å². The number of hydrogen-bond donors (Lipinski definition) is 1. The Morgan fingerprint density at radius 3 is 2.94 bits per heavy atom. The van der Waals surface area contributed by atoms with Gasteiger partial charge in [-0.05, 0) is 31.7 Å². The summed E-state index contributed by atoms with van der Waals surface area (Å²) in [6.45, 7) is 0. The molecule has 0 atom stereocenters. The van der Waals surface area contributed by atoms with Gasteiger partial charge in [-0.1, -0.05) is 12.8 Å². The Hall–Kier alpha value is -1.32. The number of carboxylic acids is 1. The molecule has 1 heterocycles. The number of carbonyl (C=O) groups is 1. The van der Waals surface area contributed by atoms with E-state index in [2.05, 4.69) is 9.78 Å². The van der Waals surface area contributed by atoms with Gasteiger partial charge in [0.05, 0.1) is 11.7 Å². The first-order valence-corrected chi connectivity index (χ1v) is 6.01. The van der Waals surface area contributed by atoms with E-state index in [-0.39, 0.29) is 6.42 Å². The Balaban J connectivity index is 1.84. The highest BCUT2D eigenvalue weighted by atomic mass is 16.4. The smallest absolute Gasteiger partial charge is 0.303 e. The number of hydrogen-bond acceptors (Lipinski definition) is 2. The molecule has 88 valence electrons. The van der Waals surface area contributed by atoms with Crippen molar-refractivity contribution < 1.29 is 9.90 Å². The SMILES string of the molecule is O=C(O)CCCc1ccn(C2CCCC2)n1. The Labute approximate surface area is 95.3 Å². The van der Waals surface area contributed by atoms with Crippen LogP contribution in [0.3, 0.4) is 0 Å². The molecule has 0 bridgehead atoms. The summed E-state index contributed by atoms with van der Waals surface area (Å²) in [6.07, 6.45) is 8.79. The van der Waals surface area contributed by atoms with E-state index in [0.29, 0.717) is 12.5 Å². The molecule has 2 rings (SSSR count). The Morgan fingerprint density at radius 2 is 2.25 bits per heavy atom. The average molecular weight is 222 g/mol. The second-order valence-electron chi connectivity index (χ2n) is 4.47. The van der Waals surface area contributed by atoms with Crippen LogP contribution in [0.4, 0.5) is 0 Å². The molecular formula is C12H18N2O2. The fourth-order valence-corrected chi connectivity index (χ4v) is 2.30. The van der Waals surface area contributed by atoms with Crippen LogP contribution in [0.25, 0.3) is 0 Å². The van der Waals surface area contributed by atoms with Gasteiger partial charge in [0.2, 0.25) is 0 Å². The van der Waals surface area contributed by atoms with Crippen molar-refractivity contribution in [2.45, 2.75) is 51.0 Å². The van der Waals surface area contributed by atoms with Crippen molar-refractivity contribution in [3.05, 3.63) is 18.0 Å². The Morgan fingerprint density at radius 1 is 1.50 bits per heavy atom. The van der Waals surface area contributed by atoms with E-state index in [1.807, 2.05) is 12.3 Å². The van der Waals surface area contributed by atoms with Gasteiger partial charge in [-0.2, -0.15) is 5.10 Å². The molecule has 0 aliphatic heterocycles. The fourth-order valence-electron chi connectivity index (χ4n) is 2.30. The van der Waals surface area contributed by atoms with Crippen molar-refractivity contribution in [2.24, 2.45) is 0 Å². The zero-order valence-corrected chi connectivity index (χ0v) is 9.43. The van der Waals surface area contributed by atoms with Gasteiger partial charge in [0.1, 0.15) is 0 Å². The molecule has 4 heteroatoms. The molecule has 1 aliphatic carbocycles. The lowest BCUT2D eigenvalue weighted by atomic mass is 10.2. The quantitative estimate of drug-likeness (QED) is 0.832. The Bertz CT molecular complexity index is 354. The molecule has 4 nitrogen and oxygen atoms in total. The van der Waals surface area contributed by atoms with E-state index in [4.69, 9.17) is 5.11 Å². The minimum atomic E-state index is -0.727. The van der Waals surface area contributed by atoms with Crippen molar-refractivity contribution in [2.75, 3.05) is 0 Å². The minimum absolute atomic E-state index is 0.232. The molecule has 0 unspecified atom stereocenters. The maximum Gasteiger partial charge on any atom is 0.303 e. The van der Waals surface area contributed by atoms with E-state index in [1.165, 1.54) is 25.7 Å². The van der Waals surface area contributed by atoms with Gasteiger partial charge >= 0.3 is 5.97 Å². The number of carboxylic acid groups (broad SMARTS) is 1. The molecule has 1 aromatic heterocycles. The third-order valence-corrected chi connectivity index (χ3v) is 3.19. The van der Waals surface area contributed by atoms with E-state index in [0.717, 1.165) is 12.1 Å². The monoisotopic (exact) mass is 222 g/mol. The number of aromatic nitrogens is 2. The molecule has 0 aromatic carbocycles. The van der Waals surface area contributed by atoms with Gasteiger partial charge in [-0.15, -0.1) is 0 Å². The molecule has 1 N–H and O–H groups in total. The molecule has 1 aliphatic rings. The summed E-state index contributed by atoms with van der Waals surface area (Å²) in [6, 6.07) is 2.59. The summed E-state index contributed by atoms with van der Waals surface area (Å²) >= 11 is 0. The van der Waals surface area contributed by atoms with E-state index >= 15 is 0 Å². The molecule has 16 heavy (non-hydrogen) atoms. The first-order valence-electron chi connectivity index (χ1n) is 6.01. The molecular weight excluding hydrogens is 204 g/mol. The van der Waals surface area contributed by atoms with Gasteiger partial charge in [0.25, 0.3) is 0 Å². The van der Waals surface area contributed by atoms with Crippen LogP contribution in [-0.2, 0) is 11.2 Å². The standard InChI is InChI=1S/C12H18N2O2/c15-12(16)7-3-4-10-8-9-14(13-10)11-5-1-2-6-11/h8-9,11H,1-7H2,(H,15,16). The summed E-state index contributed by atoms with van der Waals surface area (Å²) in [5.41, 5.74) is 1.02. The number of aryl methyl sites for hydroxylation is 1. The number of aliphatic carboxylic acids is 1. The van der Waals surface area contributed by atoms with E-state index in [1.54, 1.807) is 0 Å². The summed E-state index contributed by atoms with van der Waals surface area (Å²) < 4.78 is 2.06. The third kappa shape index (κ3) is 2.84. The molecule has 1 aromatic rings. The van der Waals surface area contributed by atoms with Gasteiger partial charge in [-0.25, -0.2) is 0 Å². The lowest BCUT2D eigenvalue weighted by molar-refractivity contribution is -0.137. The van der Waals surface area contributed by atoms with Crippen molar-refractivity contribution in [3.8, 4) is 0 Å². The van der Waals surface area contributed by atoms with Crippen LogP contribution >= 0.6 is 0 Å². The van der Waals surface area contributed by atoms with Crippen molar-refractivity contribution >= 4 is 5.97 Å². The molecule has 0 amide bonds. The van der Waals surface area contributed by atoms with Gasteiger partial charge < -0.3 is 5.11 Å². The Kier molecular flexibility index (Phi) is 3.59. The third-order valence-electron chi connectivity index (χ3n) is 3.19. The maximum atomic E-state index is 10.4. The fraction of sp³-hybridized carbons (Fsp3) is 0.667. The van der Waals surface area contributed by atoms with Crippen LogP contribution in [0.15, 0.2) is 12.3 Å². The predicted molar refractivity (Wildman–Crippen MR) is 60.3 cm³/mol. The normalized spacial score (nSPS) is 16.8. The topological polar surface area (TPSA) is 55.1 Å². The van der Waals surface area contributed by atoms with E-state index in [9.17, 15) is 4.79 Å². The number of nitrogens with zero attached hydrogens (tertiary/aromatic N) is 2. The maximum absolute atomic E-state index is 10.4. The highest BCUT2D eigenvalue weighted by molar-refractivity contribution is 5.66. The zero-order valence-electron chi connectivity index (χ0n) is 9.43. The van der Waals surface area contributed by atoms with Crippen molar-refractivity contribution in [3.63, 3.8) is 0 Å². The molecule has 1 fully saturated rings. The highest BCUT2D eigenvalue weighted by Gasteiger charge is 2.17. The molecule has 0 radical (unpaired) electrons. The van der Waals surface area contributed by atoms with Crippen LogP contribution < -0.4 is 0 Å². The first-order chi connectivity index (χ1) is 7.75. The van der Waals surface area contributed by atoms with E-state index < -0.39 is 5.97 Å². The van der Waals surface area contributed by atoms with Gasteiger partial charge in [0.15, 0.2) is 0 Å². The number of rotatable bonds is 5. The van der Waals surface area contributed by atoms with Crippen molar-refractivity contribution in [1.29, 1.82) is 0 Å². The van der Waals surface area contributed by atoms with Crippen LogP contribution in [-0.4, -0.2) is 20.9 Å². The lowest BCUT2D eigenvalue weighted by Gasteiger charge is -2.08. The average Bonchev–Trinajstić information content (AvgIpc) is 2.85. The first kappa shape index (κ1) is 11.2. The van der Waals surface area contributed by atoms with Crippen LogP contribution in [0, 0.1) is 0 Å². The summed E-state index contributed by atoms with van der Waals surface area (Å²) in [7, 11) is 0. The second kappa shape index (κ2) is 5.14. The zero-order chi connectivity index (χ0) is 11.4. The summed E-state index contributed by atoms with van der Waals surface area (Å²) in [4.78, 5) is 10.4. The summed E-state index contributed by atoms with van der Waals surface area (Å²) in [5, 5.41) is 13.1. The van der Waals surface area contributed by atoms with Gasteiger partial charge in [0, 0.05) is 12.6 Å². The molecule has 1 saturated carbocycles. The second-order valence-corrected chi connectivity index (χ2v) is 4.47. The minimum Gasteiger partial charge on any atom is -0.481 e. The molecule has 0 spiro atoms. The summed E-state index contributed by atoms with van der Waals surface area (Å²) in [5.74, 6) is -0.727. The molecule has 0 saturated heterocycles. The van der Waals surface area contributed by atoms with Crippen LogP contribution in [0.5, 0.6) is 0 Å². The van der Waals surface area contributed by atoms with Crippen molar-refractivity contribution in [1.82, 2.24) is 9.78 Å². The largest absolute Gasteiger partial charge is 0.481 e. The lowest BCUT2D eigenvalue weighted by Crippen LogP contribution is -2.05. The predicted octanol–water partition coefficient (Wildman–Crippen LogP) is 2.41. The van der Waals surface area contributed by atoms with Gasteiger partial charge in [-0.3, -0.25) is 9.48 Å². The highest BCUT2D eigenvalue weighted by Crippen LogP contribution is 2.28.